The van der Waals surface area contributed by atoms with Crippen LogP contribution in [0.1, 0.15) is 52.9 Å². The molecule has 0 radical (unpaired) electrons. The molecule has 2 aliphatic carbocycles. The molecule has 2 amide bonds. The molecule has 0 bridgehead atoms. The van der Waals surface area contributed by atoms with Crippen molar-refractivity contribution in [3.63, 3.8) is 0 Å². The third-order valence-corrected chi connectivity index (χ3v) is 8.80. The second-order valence-corrected chi connectivity index (χ2v) is 13.7. The van der Waals surface area contributed by atoms with Crippen LogP contribution < -0.4 is 14.2 Å². The van der Waals surface area contributed by atoms with E-state index in [4.69, 9.17) is 18.4 Å². The van der Waals surface area contributed by atoms with Crippen LogP contribution in [0.15, 0.2) is 43.1 Å². The second kappa shape index (κ2) is 11.4. The largest absolute Gasteiger partial charge is 0.497 e. The predicted molar refractivity (Wildman–Crippen MR) is 156 cm³/mol. The Morgan fingerprint density at radius 1 is 1.19 bits per heavy atom. The van der Waals surface area contributed by atoms with Crippen molar-refractivity contribution in [2.45, 2.75) is 76.7 Å². The lowest BCUT2D eigenvalue weighted by Crippen LogP contribution is -2.46. The van der Waals surface area contributed by atoms with E-state index < -0.39 is 63.3 Å². The minimum atomic E-state index is -4.32. The molecule has 5 rings (SSSR count). The number of ether oxygens (including phenoxy) is 3. The number of rotatable bonds is 11. The number of fused-ring (bicyclic) bond motifs is 1. The Hall–Kier alpha value is -3.71. The summed E-state index contributed by atoms with van der Waals surface area (Å²) in [6, 6.07) is 6.32. The minimum absolute atomic E-state index is 0.0488. The molecule has 2 saturated carbocycles. The molecule has 1 unspecified atom stereocenters. The molecule has 1 aliphatic heterocycles. The number of carbonyl (C=O) groups is 3. The van der Waals surface area contributed by atoms with Gasteiger partial charge in [-0.15, -0.1) is 6.58 Å². The second-order valence-electron chi connectivity index (χ2n) is 12.4. The molecular weight excluding hydrogens is 578 g/mol. The molecule has 2 heterocycles. The van der Waals surface area contributed by atoms with Gasteiger partial charge < -0.3 is 14.2 Å². The van der Waals surface area contributed by atoms with Crippen molar-refractivity contribution >= 4 is 38.9 Å². The van der Waals surface area contributed by atoms with Crippen LogP contribution in [-0.2, 0) is 28.8 Å². The first-order chi connectivity index (χ1) is 20.2. The molecule has 3 aliphatic rings. The van der Waals surface area contributed by atoms with Crippen molar-refractivity contribution < 1.29 is 41.2 Å². The quantitative estimate of drug-likeness (QED) is 0.371. The number of allylic oxidation sites excluding steroid dienone is 1. The van der Waals surface area contributed by atoms with E-state index in [2.05, 4.69) is 11.6 Å². The van der Waals surface area contributed by atoms with Crippen LogP contribution in [0.5, 0.6) is 11.6 Å². The number of hydrogen-bond donors (Lipinski definition) is 1. The molecule has 2 aromatic rings. The lowest BCUT2D eigenvalue weighted by Gasteiger charge is -2.28. The summed E-state index contributed by atoms with van der Waals surface area (Å²) >= 11 is 0. The van der Waals surface area contributed by atoms with E-state index in [1.54, 1.807) is 40.1 Å². The summed E-state index contributed by atoms with van der Waals surface area (Å²) in [7, 11) is -2.74. The summed E-state index contributed by atoms with van der Waals surface area (Å²) in [6.07, 6.45) is 2.69. The number of benzene rings is 1. The Labute approximate surface area is 251 Å². The molecule has 1 aromatic carbocycles. The molecule has 1 N–H and O–H groups in total. The number of aromatic nitrogens is 1. The van der Waals surface area contributed by atoms with Gasteiger partial charge in [-0.1, -0.05) is 6.08 Å². The number of carbonyl (C=O) groups excluding carboxylic acids is 3. The van der Waals surface area contributed by atoms with Gasteiger partial charge in [0.05, 0.1) is 31.2 Å². The molecule has 232 valence electrons. The fraction of sp³-hybridized carbons (Fsp3) is 0.533. The van der Waals surface area contributed by atoms with Gasteiger partial charge in [0.2, 0.25) is 11.8 Å². The van der Waals surface area contributed by atoms with E-state index in [0.29, 0.717) is 24.5 Å². The average Bonchev–Trinajstić information content (AvgIpc) is 3.83. The third kappa shape index (κ3) is 6.93. The fourth-order valence-corrected chi connectivity index (χ4v) is 6.45. The smallest absolute Gasteiger partial charge is 0.411 e. The highest BCUT2D eigenvalue weighted by molar-refractivity contribution is 7.85. The van der Waals surface area contributed by atoms with Crippen molar-refractivity contribution in [2.75, 3.05) is 13.7 Å². The zero-order valence-electron chi connectivity index (χ0n) is 24.7. The summed E-state index contributed by atoms with van der Waals surface area (Å²) < 4.78 is 48.8. The average molecular weight is 616 g/mol. The molecule has 3 fully saturated rings. The topological polar surface area (TPSA) is 150 Å². The van der Waals surface area contributed by atoms with Crippen molar-refractivity contribution in [1.82, 2.24) is 14.6 Å². The fourth-order valence-electron chi connectivity index (χ4n) is 5.42. The van der Waals surface area contributed by atoms with Gasteiger partial charge in [0, 0.05) is 24.4 Å². The van der Waals surface area contributed by atoms with Gasteiger partial charge in [0.1, 0.15) is 17.5 Å². The summed E-state index contributed by atoms with van der Waals surface area (Å²) in [5, 5.41) is 1.58. The van der Waals surface area contributed by atoms with Gasteiger partial charge in [0.15, 0.2) is 5.78 Å². The highest BCUT2D eigenvalue weighted by Crippen LogP contribution is 2.57. The molecule has 13 heteroatoms. The number of nitrogens with one attached hydrogen (secondary N) is 1. The number of Topliss-reactive ketones (excluding diaryl/α,β-unsaturated/α-hetero) is 1. The van der Waals surface area contributed by atoms with Crippen LogP contribution in [0.3, 0.4) is 0 Å². The number of nitrogens with zero attached hydrogens (tertiary/aromatic N) is 2. The first kappa shape index (κ1) is 30.7. The van der Waals surface area contributed by atoms with E-state index in [1.165, 1.54) is 11.0 Å². The van der Waals surface area contributed by atoms with E-state index in [1.807, 2.05) is 22.9 Å². The molecule has 1 aromatic heterocycles. The zero-order chi connectivity index (χ0) is 31.2. The van der Waals surface area contributed by atoms with Crippen LogP contribution >= 0.6 is 0 Å². The van der Waals surface area contributed by atoms with E-state index >= 15 is 0 Å². The predicted octanol–water partition coefficient (Wildman–Crippen LogP) is 3.69. The van der Waals surface area contributed by atoms with Gasteiger partial charge in [0.25, 0.3) is 0 Å². The Morgan fingerprint density at radius 2 is 1.93 bits per heavy atom. The highest BCUT2D eigenvalue weighted by atomic mass is 32.2. The molecular formula is C30H37N3O9S. The monoisotopic (exact) mass is 615 g/mol. The van der Waals surface area contributed by atoms with Crippen LogP contribution in [-0.4, -0.2) is 73.6 Å². The summed E-state index contributed by atoms with van der Waals surface area (Å²) in [5.41, 5.74) is -2.13. The normalized spacial score (nSPS) is 25.2. The third-order valence-electron chi connectivity index (χ3n) is 7.84. The maximum Gasteiger partial charge on any atom is 0.411 e. The van der Waals surface area contributed by atoms with Gasteiger partial charge in [-0.2, -0.15) is 8.42 Å². The Kier molecular flexibility index (Phi) is 8.16. The van der Waals surface area contributed by atoms with Gasteiger partial charge in [-0.25, -0.2) is 14.5 Å². The first-order valence-corrected chi connectivity index (χ1v) is 15.6. The maximum atomic E-state index is 13.9. The molecule has 43 heavy (non-hydrogen) atoms. The van der Waals surface area contributed by atoms with Gasteiger partial charge in [-0.3, -0.25) is 18.7 Å². The van der Waals surface area contributed by atoms with Crippen LogP contribution in [0, 0.1) is 11.3 Å². The molecule has 4 atom stereocenters. The number of methoxy groups -OCH3 is 1. The number of ketones is 1. The van der Waals surface area contributed by atoms with Crippen LogP contribution in [0.25, 0.3) is 10.8 Å². The summed E-state index contributed by atoms with van der Waals surface area (Å²) in [6.45, 7) is 8.97. The van der Waals surface area contributed by atoms with Gasteiger partial charge >= 0.3 is 16.4 Å². The lowest BCUT2D eigenvalue weighted by molar-refractivity contribution is -0.132. The van der Waals surface area contributed by atoms with E-state index in [0.717, 1.165) is 10.8 Å². The maximum absolute atomic E-state index is 13.9. The van der Waals surface area contributed by atoms with Crippen LogP contribution in [0.2, 0.25) is 0 Å². The van der Waals surface area contributed by atoms with Crippen LogP contribution in [0.4, 0.5) is 4.79 Å². The number of pyridine rings is 1. The minimum Gasteiger partial charge on any atom is -0.497 e. The van der Waals surface area contributed by atoms with Crippen molar-refractivity contribution in [3.8, 4) is 11.6 Å². The number of amides is 2. The van der Waals surface area contributed by atoms with Crippen molar-refractivity contribution in [2.24, 2.45) is 11.3 Å². The Bertz CT molecular complexity index is 1550. The van der Waals surface area contributed by atoms with Gasteiger partial charge in [-0.05, 0) is 75.6 Å². The lowest BCUT2D eigenvalue weighted by atomic mass is 9.91. The van der Waals surface area contributed by atoms with E-state index in [-0.39, 0.29) is 25.8 Å². The number of hydrogen-bond acceptors (Lipinski definition) is 10. The van der Waals surface area contributed by atoms with Crippen molar-refractivity contribution in [3.05, 3.63) is 43.1 Å². The van der Waals surface area contributed by atoms with E-state index in [9.17, 15) is 22.8 Å². The Balaban J connectivity index is 1.36. The Morgan fingerprint density at radius 3 is 2.56 bits per heavy atom. The SMILES string of the molecule is C=C[C@@H]1CC1(CC(=O)[C@@H]1C[C@@H](Oc2nccc3cc(OC)ccc23)CN1C(=O)OC(C)(C)C)C(=O)NS(=O)(=O)OC1CC1. The summed E-state index contributed by atoms with van der Waals surface area (Å²) in [4.78, 5) is 46.0. The molecule has 12 nitrogen and oxygen atoms in total. The highest BCUT2D eigenvalue weighted by Gasteiger charge is 2.61. The standard InChI is InChI=1S/C30H37N3O9S/c1-6-19-15-30(19,27(35)32-43(37,38)42-20-7-8-20)16-25(34)24-14-22(17-33(24)28(36)41-29(2,3)4)40-26-23-10-9-21(39-5)13-18(23)11-12-31-26/h6,9-13,19-20,22,24H,1,7-8,14-17H2,2-5H3,(H,32,35)/t19-,22-,24+,30?/m1/s1. The first-order valence-electron chi connectivity index (χ1n) is 14.2. The summed E-state index contributed by atoms with van der Waals surface area (Å²) in [5.74, 6) is -0.625. The van der Waals surface area contributed by atoms with Crippen molar-refractivity contribution in [1.29, 1.82) is 0 Å². The molecule has 0 spiro atoms. The molecule has 1 saturated heterocycles. The number of likely N-dealkylation sites (tertiary alicyclic amines) is 1. The zero-order valence-corrected chi connectivity index (χ0v) is 25.5.